The minimum Gasteiger partial charge on any atom is -0.370 e. The van der Waals surface area contributed by atoms with Crippen LogP contribution < -0.4 is 11.1 Å². The topological polar surface area (TPSA) is 76.4 Å². The molecule has 0 saturated heterocycles. The summed E-state index contributed by atoms with van der Waals surface area (Å²) in [5, 5.41) is 7.34. The van der Waals surface area contributed by atoms with Crippen molar-refractivity contribution in [2.24, 2.45) is 10.7 Å². The van der Waals surface area contributed by atoms with Gasteiger partial charge in [-0.1, -0.05) is 11.2 Å². The monoisotopic (exact) mass is 438 g/mol. The maximum Gasteiger partial charge on any atom is 0.193 e. The average Bonchev–Trinajstić information content (AvgIpc) is 3.19. The predicted octanol–water partition coefficient (Wildman–Crippen LogP) is 3.59. The number of fused-ring (bicyclic) bond motifs is 2. The van der Waals surface area contributed by atoms with Gasteiger partial charge < -0.3 is 15.6 Å². The second kappa shape index (κ2) is 7.55. The summed E-state index contributed by atoms with van der Waals surface area (Å²) >= 11 is 0. The third-order valence-electron chi connectivity index (χ3n) is 4.80. The van der Waals surface area contributed by atoms with Crippen molar-refractivity contribution in [2.75, 3.05) is 5.32 Å². The standard InChI is InChI=1S/C18H22N4O.HI/c19-18(21-14-9-8-12-4-3-5-13(12)10-14)20-11-16-15-6-1-2-7-17(15)23-22-16;/h8-10H,1-7,11H2,(H3,19,20,21);1H. The second-order valence-electron chi connectivity index (χ2n) is 6.40. The van der Waals surface area contributed by atoms with E-state index in [1.54, 1.807) is 0 Å². The number of benzene rings is 1. The lowest BCUT2D eigenvalue weighted by Gasteiger charge is -2.09. The molecule has 0 radical (unpaired) electrons. The van der Waals surface area contributed by atoms with Crippen LogP contribution in [0.4, 0.5) is 5.69 Å². The van der Waals surface area contributed by atoms with E-state index in [1.807, 2.05) is 0 Å². The van der Waals surface area contributed by atoms with Crippen LogP contribution in [0.1, 0.15) is 47.4 Å². The SMILES string of the molecule is I.NC(=NCc1noc2c1CCCC2)Nc1ccc2c(c1)CCC2. The maximum atomic E-state index is 6.02. The first-order chi connectivity index (χ1) is 11.3. The molecule has 2 aliphatic rings. The maximum absolute atomic E-state index is 6.02. The van der Waals surface area contributed by atoms with Crippen LogP contribution in [-0.2, 0) is 32.2 Å². The number of halogens is 1. The minimum atomic E-state index is 0. The molecule has 0 amide bonds. The van der Waals surface area contributed by atoms with E-state index in [9.17, 15) is 0 Å². The van der Waals surface area contributed by atoms with E-state index in [1.165, 1.54) is 42.4 Å². The van der Waals surface area contributed by atoms with Gasteiger partial charge in [0.2, 0.25) is 0 Å². The van der Waals surface area contributed by atoms with Gasteiger partial charge in [0.05, 0.1) is 6.54 Å². The molecule has 6 heteroatoms. The molecule has 1 aromatic carbocycles. The third kappa shape index (κ3) is 3.58. The average molecular weight is 438 g/mol. The van der Waals surface area contributed by atoms with E-state index in [0.29, 0.717) is 12.5 Å². The summed E-state index contributed by atoms with van der Waals surface area (Å²) in [5.41, 5.74) is 12.1. The second-order valence-corrected chi connectivity index (χ2v) is 6.40. The van der Waals surface area contributed by atoms with Crippen molar-refractivity contribution >= 4 is 35.6 Å². The zero-order valence-corrected chi connectivity index (χ0v) is 16.0. The fraction of sp³-hybridized carbons (Fsp3) is 0.444. The molecule has 0 bridgehead atoms. The summed E-state index contributed by atoms with van der Waals surface area (Å²) in [6.07, 6.45) is 8.03. The van der Waals surface area contributed by atoms with Crippen LogP contribution in [0.5, 0.6) is 0 Å². The first kappa shape index (κ1) is 17.3. The number of aryl methyl sites for hydroxylation is 3. The van der Waals surface area contributed by atoms with Crippen molar-refractivity contribution in [2.45, 2.75) is 51.5 Å². The molecule has 2 aliphatic carbocycles. The molecule has 5 nitrogen and oxygen atoms in total. The largest absolute Gasteiger partial charge is 0.370 e. The van der Waals surface area contributed by atoms with Crippen LogP contribution in [0.2, 0.25) is 0 Å². The Balaban J connectivity index is 0.00000169. The molecule has 0 saturated carbocycles. The van der Waals surface area contributed by atoms with Crippen molar-refractivity contribution in [3.8, 4) is 0 Å². The number of guanidine groups is 1. The highest BCUT2D eigenvalue weighted by atomic mass is 127. The van der Waals surface area contributed by atoms with Crippen LogP contribution in [0.25, 0.3) is 0 Å². The molecule has 1 heterocycles. The highest BCUT2D eigenvalue weighted by molar-refractivity contribution is 14.0. The molecular weight excluding hydrogens is 415 g/mol. The number of anilines is 1. The number of nitrogens with two attached hydrogens (primary N) is 1. The molecule has 24 heavy (non-hydrogen) atoms. The van der Waals surface area contributed by atoms with Gasteiger partial charge in [-0.2, -0.15) is 0 Å². The number of hydrogen-bond acceptors (Lipinski definition) is 3. The molecule has 4 rings (SSSR count). The summed E-state index contributed by atoms with van der Waals surface area (Å²) < 4.78 is 5.41. The fourth-order valence-electron chi connectivity index (χ4n) is 3.57. The first-order valence-corrected chi connectivity index (χ1v) is 8.44. The Kier molecular flexibility index (Phi) is 5.43. The van der Waals surface area contributed by atoms with Crippen molar-refractivity contribution < 1.29 is 4.52 Å². The van der Waals surface area contributed by atoms with Crippen LogP contribution in [0.3, 0.4) is 0 Å². The molecule has 0 aliphatic heterocycles. The number of aliphatic imine (C=N–C) groups is 1. The number of hydrogen-bond donors (Lipinski definition) is 2. The van der Waals surface area contributed by atoms with Gasteiger partial charge in [0.1, 0.15) is 11.5 Å². The quantitative estimate of drug-likeness (QED) is 0.437. The highest BCUT2D eigenvalue weighted by Crippen LogP contribution is 2.26. The van der Waals surface area contributed by atoms with Gasteiger partial charge in [0, 0.05) is 17.7 Å². The minimum absolute atomic E-state index is 0. The molecule has 128 valence electrons. The molecule has 0 fully saturated rings. The number of nitrogens with one attached hydrogen (secondary N) is 1. The summed E-state index contributed by atoms with van der Waals surface area (Å²) in [7, 11) is 0. The zero-order valence-electron chi connectivity index (χ0n) is 13.7. The Morgan fingerprint density at radius 1 is 1.12 bits per heavy atom. The zero-order chi connectivity index (χ0) is 15.6. The van der Waals surface area contributed by atoms with E-state index < -0.39 is 0 Å². The third-order valence-corrected chi connectivity index (χ3v) is 4.80. The van der Waals surface area contributed by atoms with Gasteiger partial charge in [-0.05, 0) is 61.8 Å². The molecule has 0 spiro atoms. The van der Waals surface area contributed by atoms with E-state index >= 15 is 0 Å². The van der Waals surface area contributed by atoms with E-state index in [4.69, 9.17) is 10.3 Å². The Hall–Kier alpha value is -1.57. The number of nitrogens with zero attached hydrogens (tertiary/aromatic N) is 2. The molecule has 1 aromatic heterocycles. The lowest BCUT2D eigenvalue weighted by molar-refractivity contribution is 0.368. The normalized spacial score (nSPS) is 16.2. The van der Waals surface area contributed by atoms with Gasteiger partial charge in [-0.15, -0.1) is 24.0 Å². The Morgan fingerprint density at radius 2 is 1.96 bits per heavy atom. The molecule has 3 N–H and O–H groups in total. The van der Waals surface area contributed by atoms with Gasteiger partial charge in [0.25, 0.3) is 0 Å². The summed E-state index contributed by atoms with van der Waals surface area (Å²) in [6, 6.07) is 6.44. The van der Waals surface area contributed by atoms with E-state index in [-0.39, 0.29) is 24.0 Å². The molecule has 2 aromatic rings. The van der Waals surface area contributed by atoms with Gasteiger partial charge in [0.15, 0.2) is 5.96 Å². The Labute approximate surface area is 159 Å². The summed E-state index contributed by atoms with van der Waals surface area (Å²) in [5.74, 6) is 1.46. The highest BCUT2D eigenvalue weighted by Gasteiger charge is 2.18. The number of rotatable bonds is 3. The van der Waals surface area contributed by atoms with Crippen LogP contribution in [0.15, 0.2) is 27.7 Å². The van der Waals surface area contributed by atoms with E-state index in [0.717, 1.165) is 36.4 Å². The lowest BCUT2D eigenvalue weighted by atomic mass is 9.96. The molecular formula is C18H23IN4O. The lowest BCUT2D eigenvalue weighted by Crippen LogP contribution is -2.22. The van der Waals surface area contributed by atoms with Crippen LogP contribution >= 0.6 is 24.0 Å². The predicted molar refractivity (Wildman–Crippen MR) is 106 cm³/mol. The van der Waals surface area contributed by atoms with Crippen molar-refractivity contribution in [1.82, 2.24) is 5.16 Å². The van der Waals surface area contributed by atoms with Gasteiger partial charge in [-0.3, -0.25) is 0 Å². The summed E-state index contributed by atoms with van der Waals surface area (Å²) in [6.45, 7) is 0.475. The van der Waals surface area contributed by atoms with E-state index in [2.05, 4.69) is 33.7 Å². The molecule has 0 atom stereocenters. The van der Waals surface area contributed by atoms with Crippen molar-refractivity contribution in [3.05, 3.63) is 46.3 Å². The van der Waals surface area contributed by atoms with Crippen LogP contribution in [-0.4, -0.2) is 11.1 Å². The smallest absolute Gasteiger partial charge is 0.193 e. The summed E-state index contributed by atoms with van der Waals surface area (Å²) in [4.78, 5) is 4.42. The molecule has 0 unspecified atom stereocenters. The Morgan fingerprint density at radius 3 is 2.88 bits per heavy atom. The number of aromatic nitrogens is 1. The van der Waals surface area contributed by atoms with Gasteiger partial charge >= 0.3 is 0 Å². The van der Waals surface area contributed by atoms with Gasteiger partial charge in [-0.25, -0.2) is 4.99 Å². The fourth-order valence-corrected chi connectivity index (χ4v) is 3.57. The first-order valence-electron chi connectivity index (χ1n) is 8.44. The Bertz CT molecular complexity index is 753. The van der Waals surface area contributed by atoms with Crippen molar-refractivity contribution in [3.63, 3.8) is 0 Å². The van der Waals surface area contributed by atoms with Crippen LogP contribution in [0, 0.1) is 0 Å². The van der Waals surface area contributed by atoms with Crippen molar-refractivity contribution in [1.29, 1.82) is 0 Å².